The zero-order valence-corrected chi connectivity index (χ0v) is 29.0. The molecule has 0 saturated carbocycles. The highest BCUT2D eigenvalue weighted by Gasteiger charge is 2.45. The zero-order valence-electron chi connectivity index (χ0n) is 29.0. The van der Waals surface area contributed by atoms with Crippen LogP contribution in [0.15, 0.2) is 97.1 Å². The normalized spacial score (nSPS) is 13.4. The van der Waals surface area contributed by atoms with Crippen molar-refractivity contribution in [2.45, 2.75) is 85.1 Å². The van der Waals surface area contributed by atoms with Crippen molar-refractivity contribution in [3.05, 3.63) is 142 Å². The lowest BCUT2D eigenvalue weighted by Gasteiger charge is -2.41. The Kier molecular flexibility index (Phi) is 11.1. The first-order valence-corrected chi connectivity index (χ1v) is 16.5. The molecule has 0 aliphatic carbocycles. The monoisotopic (exact) mass is 634 g/mol. The predicted octanol–water partition coefficient (Wildman–Crippen LogP) is 6.76. The number of aliphatic hydroxyl groups is 2. The number of aryl methyl sites for hydroxylation is 4. The lowest BCUT2D eigenvalue weighted by Crippen LogP contribution is -2.56. The van der Waals surface area contributed by atoms with Gasteiger partial charge in [0.2, 0.25) is 11.8 Å². The average molecular weight is 635 g/mol. The number of hydrogen-bond donors (Lipinski definition) is 4. The number of rotatable bonds is 12. The Balaban J connectivity index is 1.64. The van der Waals surface area contributed by atoms with Crippen molar-refractivity contribution in [3.63, 3.8) is 0 Å². The molecule has 4 rings (SSSR count). The van der Waals surface area contributed by atoms with Gasteiger partial charge < -0.3 is 20.8 Å². The van der Waals surface area contributed by atoms with Crippen molar-refractivity contribution >= 4 is 11.8 Å². The van der Waals surface area contributed by atoms with E-state index in [1.54, 1.807) is 0 Å². The Morgan fingerprint density at radius 3 is 0.894 bits per heavy atom. The first kappa shape index (κ1) is 35.6. The molecule has 0 heterocycles. The van der Waals surface area contributed by atoms with Gasteiger partial charge in [0.25, 0.3) is 0 Å². The molecular weight excluding hydrogens is 584 g/mol. The molecule has 4 N–H and O–H groups in total. The number of nitrogens with one attached hydrogen (secondary N) is 2. The van der Waals surface area contributed by atoms with Crippen molar-refractivity contribution in [3.8, 4) is 0 Å². The van der Waals surface area contributed by atoms with E-state index in [-0.39, 0.29) is 11.8 Å². The van der Waals surface area contributed by atoms with Crippen molar-refractivity contribution in [1.29, 1.82) is 0 Å². The van der Waals surface area contributed by atoms with Gasteiger partial charge >= 0.3 is 0 Å². The second kappa shape index (κ2) is 14.7. The number of hydrogen-bond acceptors (Lipinski definition) is 4. The van der Waals surface area contributed by atoms with E-state index in [4.69, 9.17) is 0 Å². The zero-order chi connectivity index (χ0) is 34.5. The smallest absolute Gasteiger partial charge is 0.229 e. The summed E-state index contributed by atoms with van der Waals surface area (Å²) < 4.78 is 0. The van der Waals surface area contributed by atoms with Gasteiger partial charge in [-0.3, -0.25) is 9.59 Å². The van der Waals surface area contributed by atoms with E-state index in [0.29, 0.717) is 22.3 Å². The third-order valence-electron chi connectivity index (χ3n) is 9.15. The van der Waals surface area contributed by atoms with Crippen LogP contribution in [0.3, 0.4) is 0 Å². The molecule has 0 radical (unpaired) electrons. The maximum Gasteiger partial charge on any atom is 0.229 e. The van der Waals surface area contributed by atoms with Crippen LogP contribution in [0.2, 0.25) is 0 Å². The third-order valence-corrected chi connectivity index (χ3v) is 9.15. The van der Waals surface area contributed by atoms with Crippen molar-refractivity contribution < 1.29 is 19.8 Å². The quantitative estimate of drug-likeness (QED) is 0.129. The minimum Gasteiger partial charge on any atom is -0.378 e. The maximum absolute atomic E-state index is 13.7. The SMILES string of the molecule is Cc1ccc(C(O)(c2ccc(C)cc2)[C@H](NC(=O)CC(=O)N[C@H](C(C)C)C(O)(c2ccc(C)cc2)c2ccc(C)cc2)C(C)C)cc1. The second-order valence-electron chi connectivity index (χ2n) is 13.8. The molecule has 0 saturated heterocycles. The van der Waals surface area contributed by atoms with Crippen LogP contribution in [0.5, 0.6) is 0 Å². The molecule has 0 aliphatic rings. The van der Waals surface area contributed by atoms with E-state index in [2.05, 4.69) is 10.6 Å². The van der Waals surface area contributed by atoms with Crippen LogP contribution < -0.4 is 10.6 Å². The van der Waals surface area contributed by atoms with E-state index in [1.165, 1.54) is 0 Å². The molecule has 248 valence electrons. The van der Waals surface area contributed by atoms with Crippen LogP contribution in [-0.4, -0.2) is 34.1 Å². The first-order chi connectivity index (χ1) is 22.2. The van der Waals surface area contributed by atoms with Gasteiger partial charge in [-0.2, -0.15) is 0 Å². The minimum absolute atomic E-state index is 0.189. The van der Waals surface area contributed by atoms with E-state index < -0.39 is 41.5 Å². The molecule has 6 heteroatoms. The second-order valence-corrected chi connectivity index (χ2v) is 13.8. The van der Waals surface area contributed by atoms with Gasteiger partial charge in [-0.15, -0.1) is 0 Å². The highest BCUT2D eigenvalue weighted by atomic mass is 16.3. The van der Waals surface area contributed by atoms with Crippen LogP contribution >= 0.6 is 0 Å². The lowest BCUT2D eigenvalue weighted by atomic mass is 9.75. The minimum atomic E-state index is -1.56. The van der Waals surface area contributed by atoms with Gasteiger partial charge in [-0.05, 0) is 61.8 Å². The molecule has 0 bridgehead atoms. The van der Waals surface area contributed by atoms with Gasteiger partial charge in [0, 0.05) is 0 Å². The Labute approximate surface area is 280 Å². The number of amides is 2. The first-order valence-electron chi connectivity index (χ1n) is 16.5. The van der Waals surface area contributed by atoms with Crippen molar-refractivity contribution in [1.82, 2.24) is 10.6 Å². The summed E-state index contributed by atoms with van der Waals surface area (Å²) >= 11 is 0. The molecule has 4 aromatic carbocycles. The molecule has 0 aromatic heterocycles. The highest BCUT2D eigenvalue weighted by Crippen LogP contribution is 2.38. The molecule has 6 nitrogen and oxygen atoms in total. The predicted molar refractivity (Wildman–Crippen MR) is 189 cm³/mol. The fraction of sp³-hybridized carbons (Fsp3) is 0.366. The number of carbonyl (C=O) groups excluding carboxylic acids is 2. The third kappa shape index (κ3) is 7.83. The molecule has 0 spiro atoms. The fourth-order valence-electron chi connectivity index (χ4n) is 6.38. The summed E-state index contributed by atoms with van der Waals surface area (Å²) in [7, 11) is 0. The van der Waals surface area contributed by atoms with Gasteiger partial charge in [0.05, 0.1) is 12.1 Å². The molecule has 4 aromatic rings. The van der Waals surface area contributed by atoms with E-state index >= 15 is 0 Å². The molecule has 47 heavy (non-hydrogen) atoms. The largest absolute Gasteiger partial charge is 0.378 e. The van der Waals surface area contributed by atoms with Gasteiger partial charge in [0.15, 0.2) is 0 Å². The Hall–Kier alpha value is -4.26. The summed E-state index contributed by atoms with van der Waals surface area (Å²) in [6.07, 6.45) is -0.470. The molecule has 2 atom stereocenters. The van der Waals surface area contributed by atoms with Crippen LogP contribution in [0, 0.1) is 39.5 Å². The lowest BCUT2D eigenvalue weighted by molar-refractivity contribution is -0.133. The van der Waals surface area contributed by atoms with E-state index in [1.807, 2.05) is 152 Å². The van der Waals surface area contributed by atoms with Crippen LogP contribution in [0.25, 0.3) is 0 Å². The molecule has 0 aliphatic heterocycles. The standard InChI is InChI=1S/C41H50N2O4/c1-26(2)38(40(46,32-17-9-28(5)10-18-32)33-19-11-29(6)12-20-33)42-36(44)25-37(45)43-39(27(3)4)41(47,34-21-13-30(7)14-22-34)35-23-15-31(8)16-24-35/h9-24,26-27,38-39,46-47H,25H2,1-8H3,(H,42,44)(H,43,45)/t38-,39-/m1/s1. The summed E-state index contributed by atoms with van der Waals surface area (Å²) in [5, 5.41) is 31.1. The average Bonchev–Trinajstić information content (AvgIpc) is 3.03. The summed E-state index contributed by atoms with van der Waals surface area (Å²) in [5.74, 6) is -1.41. The summed E-state index contributed by atoms with van der Waals surface area (Å²) in [6.45, 7) is 15.7. The Bertz CT molecular complexity index is 1420. The van der Waals surface area contributed by atoms with Crippen molar-refractivity contribution in [2.24, 2.45) is 11.8 Å². The molecule has 2 amide bonds. The molecule has 0 fully saturated rings. The van der Waals surface area contributed by atoms with E-state index in [0.717, 1.165) is 22.3 Å². The Morgan fingerprint density at radius 2 is 0.702 bits per heavy atom. The maximum atomic E-state index is 13.7. The molecule has 0 unspecified atom stereocenters. The summed E-state index contributed by atoms with van der Waals surface area (Å²) in [6, 6.07) is 29.1. The van der Waals surface area contributed by atoms with Gasteiger partial charge in [0.1, 0.15) is 17.6 Å². The molecular formula is C41H50N2O4. The van der Waals surface area contributed by atoms with Crippen LogP contribution in [-0.2, 0) is 20.8 Å². The number of benzene rings is 4. The van der Waals surface area contributed by atoms with Crippen LogP contribution in [0.4, 0.5) is 0 Å². The van der Waals surface area contributed by atoms with Crippen LogP contribution in [0.1, 0.15) is 78.6 Å². The highest BCUT2D eigenvalue weighted by molar-refractivity contribution is 5.97. The van der Waals surface area contributed by atoms with Gasteiger partial charge in [-0.25, -0.2) is 0 Å². The van der Waals surface area contributed by atoms with E-state index in [9.17, 15) is 19.8 Å². The van der Waals surface area contributed by atoms with Gasteiger partial charge in [-0.1, -0.05) is 147 Å². The number of carbonyl (C=O) groups is 2. The topological polar surface area (TPSA) is 98.7 Å². The fourth-order valence-corrected chi connectivity index (χ4v) is 6.38. The summed E-state index contributed by atoms with van der Waals surface area (Å²) in [5.41, 5.74) is 3.70. The van der Waals surface area contributed by atoms with Crippen molar-refractivity contribution in [2.75, 3.05) is 0 Å². The summed E-state index contributed by atoms with van der Waals surface area (Å²) in [4.78, 5) is 27.3. The Morgan fingerprint density at radius 1 is 0.489 bits per heavy atom.